The molecule has 0 bridgehead atoms. The fraction of sp³-hybridized carbons (Fsp3) is 0.818. The standard InChI is InChI=1S/C11H18FN3O/c1-11(2,3)14-10(16)7-15-6-8(12)4-9(15)5-13/h8-9H,4,6-7H2,1-3H3,(H,14,16)/t8-,9-/m0/s1. The van der Waals surface area contributed by atoms with Gasteiger partial charge in [-0.15, -0.1) is 0 Å². The number of amides is 1. The molecule has 1 heterocycles. The van der Waals surface area contributed by atoms with Gasteiger partial charge in [-0.2, -0.15) is 5.26 Å². The molecule has 1 aliphatic rings. The van der Waals surface area contributed by atoms with Gasteiger partial charge < -0.3 is 5.32 Å². The molecule has 0 unspecified atom stereocenters. The van der Waals surface area contributed by atoms with E-state index in [9.17, 15) is 9.18 Å². The Labute approximate surface area is 95.4 Å². The van der Waals surface area contributed by atoms with Crippen molar-refractivity contribution in [1.29, 1.82) is 5.26 Å². The highest BCUT2D eigenvalue weighted by atomic mass is 19.1. The molecule has 5 heteroatoms. The molecular weight excluding hydrogens is 209 g/mol. The van der Waals surface area contributed by atoms with Crippen LogP contribution in [0.5, 0.6) is 0 Å². The Balaban J connectivity index is 2.48. The third kappa shape index (κ3) is 3.78. The van der Waals surface area contributed by atoms with Crippen LogP contribution in [-0.2, 0) is 4.79 Å². The number of alkyl halides is 1. The minimum absolute atomic E-state index is 0.0932. The van der Waals surface area contributed by atoms with E-state index in [4.69, 9.17) is 5.26 Å². The van der Waals surface area contributed by atoms with Crippen molar-refractivity contribution in [3.05, 3.63) is 0 Å². The zero-order chi connectivity index (χ0) is 12.3. The number of hydrogen-bond acceptors (Lipinski definition) is 3. The minimum Gasteiger partial charge on any atom is -0.350 e. The topological polar surface area (TPSA) is 56.1 Å². The fourth-order valence-electron chi connectivity index (χ4n) is 1.80. The Morgan fingerprint density at radius 1 is 1.62 bits per heavy atom. The van der Waals surface area contributed by atoms with Gasteiger partial charge in [0.05, 0.1) is 12.6 Å². The lowest BCUT2D eigenvalue weighted by Crippen LogP contribution is -2.46. The Hall–Kier alpha value is -1.15. The maximum Gasteiger partial charge on any atom is 0.234 e. The number of hydrogen-bond donors (Lipinski definition) is 1. The molecular formula is C11H18FN3O. The van der Waals surface area contributed by atoms with E-state index in [-0.39, 0.29) is 31.0 Å². The third-order valence-corrected chi connectivity index (χ3v) is 2.36. The van der Waals surface area contributed by atoms with E-state index < -0.39 is 12.2 Å². The number of halogens is 1. The van der Waals surface area contributed by atoms with Crippen LogP contribution in [0.2, 0.25) is 0 Å². The van der Waals surface area contributed by atoms with Gasteiger partial charge in [-0.1, -0.05) is 0 Å². The molecule has 0 aromatic heterocycles. The summed E-state index contributed by atoms with van der Waals surface area (Å²) in [7, 11) is 0. The van der Waals surface area contributed by atoms with Gasteiger partial charge >= 0.3 is 0 Å². The molecule has 1 rings (SSSR count). The van der Waals surface area contributed by atoms with Gasteiger partial charge in [-0.3, -0.25) is 9.69 Å². The SMILES string of the molecule is CC(C)(C)NC(=O)CN1C[C@@H](F)C[C@H]1C#N. The van der Waals surface area contributed by atoms with Crippen LogP contribution >= 0.6 is 0 Å². The van der Waals surface area contributed by atoms with Crippen LogP contribution in [0.15, 0.2) is 0 Å². The van der Waals surface area contributed by atoms with Gasteiger partial charge in [-0.05, 0) is 20.8 Å². The van der Waals surface area contributed by atoms with Crippen LogP contribution < -0.4 is 5.32 Å². The van der Waals surface area contributed by atoms with Crippen molar-refractivity contribution in [3.63, 3.8) is 0 Å². The lowest BCUT2D eigenvalue weighted by atomic mass is 10.1. The molecule has 0 aromatic rings. The minimum atomic E-state index is -0.993. The van der Waals surface area contributed by atoms with E-state index in [1.165, 1.54) is 0 Å². The van der Waals surface area contributed by atoms with Gasteiger partial charge in [-0.25, -0.2) is 4.39 Å². The van der Waals surface area contributed by atoms with Crippen molar-refractivity contribution in [2.45, 2.75) is 44.9 Å². The molecule has 1 aliphatic heterocycles. The average Bonchev–Trinajstić information content (AvgIpc) is 2.42. The largest absolute Gasteiger partial charge is 0.350 e. The number of nitrogens with zero attached hydrogens (tertiary/aromatic N) is 2. The number of nitriles is 1. The summed E-state index contributed by atoms with van der Waals surface area (Å²) in [4.78, 5) is 13.2. The lowest BCUT2D eigenvalue weighted by molar-refractivity contribution is -0.123. The fourth-order valence-corrected chi connectivity index (χ4v) is 1.80. The molecule has 0 aromatic carbocycles. The first-order valence-corrected chi connectivity index (χ1v) is 5.40. The molecule has 0 saturated carbocycles. The molecule has 1 N–H and O–H groups in total. The summed E-state index contributed by atoms with van der Waals surface area (Å²) in [5.41, 5.74) is -0.298. The van der Waals surface area contributed by atoms with Crippen LogP contribution in [0.4, 0.5) is 4.39 Å². The van der Waals surface area contributed by atoms with Crippen LogP contribution in [0.25, 0.3) is 0 Å². The maximum absolute atomic E-state index is 13.1. The maximum atomic E-state index is 13.1. The predicted octanol–water partition coefficient (Wildman–Crippen LogP) is 0.837. The van der Waals surface area contributed by atoms with Crippen LogP contribution in [0, 0.1) is 11.3 Å². The molecule has 0 radical (unpaired) electrons. The molecule has 1 amide bonds. The van der Waals surface area contributed by atoms with Crippen LogP contribution in [0.1, 0.15) is 27.2 Å². The summed E-state index contributed by atoms with van der Waals surface area (Å²) in [5.74, 6) is -0.165. The van der Waals surface area contributed by atoms with E-state index in [0.29, 0.717) is 0 Å². The number of carbonyl (C=O) groups excluding carboxylic acids is 1. The summed E-state index contributed by atoms with van der Waals surface area (Å²) in [5, 5.41) is 11.6. The Morgan fingerprint density at radius 3 is 2.75 bits per heavy atom. The normalized spacial score (nSPS) is 26.4. The van der Waals surface area contributed by atoms with Crippen molar-refractivity contribution in [2.75, 3.05) is 13.1 Å². The summed E-state index contributed by atoms with van der Waals surface area (Å²) in [6, 6.07) is 1.55. The van der Waals surface area contributed by atoms with Crippen molar-refractivity contribution in [2.24, 2.45) is 0 Å². The van der Waals surface area contributed by atoms with E-state index in [2.05, 4.69) is 5.32 Å². The Bertz CT molecular complexity index is 305. The Morgan fingerprint density at radius 2 is 2.25 bits per heavy atom. The molecule has 0 aliphatic carbocycles. The molecule has 0 spiro atoms. The van der Waals surface area contributed by atoms with Crippen LogP contribution in [-0.4, -0.2) is 41.6 Å². The highest BCUT2D eigenvalue weighted by Gasteiger charge is 2.33. The first kappa shape index (κ1) is 12.9. The number of nitrogens with one attached hydrogen (secondary N) is 1. The van der Waals surface area contributed by atoms with Crippen molar-refractivity contribution >= 4 is 5.91 Å². The van der Waals surface area contributed by atoms with E-state index in [1.807, 2.05) is 26.8 Å². The number of carbonyl (C=O) groups is 1. The molecule has 16 heavy (non-hydrogen) atoms. The zero-order valence-corrected chi connectivity index (χ0v) is 9.96. The first-order valence-electron chi connectivity index (χ1n) is 5.40. The van der Waals surface area contributed by atoms with Gasteiger partial charge in [0.2, 0.25) is 5.91 Å². The highest BCUT2D eigenvalue weighted by Crippen LogP contribution is 2.19. The lowest BCUT2D eigenvalue weighted by Gasteiger charge is -2.24. The van der Waals surface area contributed by atoms with E-state index in [1.54, 1.807) is 4.90 Å². The summed E-state index contributed by atoms with van der Waals surface area (Å²) < 4.78 is 13.1. The highest BCUT2D eigenvalue weighted by molar-refractivity contribution is 5.78. The molecule has 1 saturated heterocycles. The molecule has 2 atom stereocenters. The summed E-state index contributed by atoms with van der Waals surface area (Å²) in [6.07, 6.45) is -0.786. The number of rotatable bonds is 2. The summed E-state index contributed by atoms with van der Waals surface area (Å²) in [6.45, 7) is 5.92. The molecule has 1 fully saturated rings. The average molecular weight is 227 g/mol. The molecule has 90 valence electrons. The summed E-state index contributed by atoms with van der Waals surface area (Å²) >= 11 is 0. The quantitative estimate of drug-likeness (QED) is 0.760. The number of likely N-dealkylation sites (tertiary alicyclic amines) is 1. The smallest absolute Gasteiger partial charge is 0.234 e. The van der Waals surface area contributed by atoms with Crippen molar-refractivity contribution in [1.82, 2.24) is 10.2 Å². The Kier molecular flexibility index (Phi) is 3.87. The van der Waals surface area contributed by atoms with Crippen molar-refractivity contribution < 1.29 is 9.18 Å². The second-order valence-corrected chi connectivity index (χ2v) is 5.21. The van der Waals surface area contributed by atoms with E-state index >= 15 is 0 Å². The van der Waals surface area contributed by atoms with Gasteiger partial charge in [0, 0.05) is 18.5 Å². The first-order chi connectivity index (χ1) is 7.31. The third-order valence-electron chi connectivity index (χ3n) is 2.36. The van der Waals surface area contributed by atoms with Crippen molar-refractivity contribution in [3.8, 4) is 6.07 Å². The second kappa shape index (κ2) is 4.79. The van der Waals surface area contributed by atoms with Gasteiger partial charge in [0.1, 0.15) is 12.2 Å². The van der Waals surface area contributed by atoms with E-state index in [0.717, 1.165) is 0 Å². The van der Waals surface area contributed by atoms with Gasteiger partial charge in [0.25, 0.3) is 0 Å². The molecule has 4 nitrogen and oxygen atoms in total. The van der Waals surface area contributed by atoms with Gasteiger partial charge in [0.15, 0.2) is 0 Å². The van der Waals surface area contributed by atoms with Crippen LogP contribution in [0.3, 0.4) is 0 Å². The zero-order valence-electron chi connectivity index (χ0n) is 9.96. The monoisotopic (exact) mass is 227 g/mol. The predicted molar refractivity (Wildman–Crippen MR) is 58.4 cm³/mol. The second-order valence-electron chi connectivity index (χ2n) is 5.21.